The molecule has 0 saturated carbocycles. The second kappa shape index (κ2) is 9.35. The number of hydrogen-bond acceptors (Lipinski definition) is 7. The molecule has 1 unspecified atom stereocenters. The Morgan fingerprint density at radius 3 is 2.50 bits per heavy atom. The summed E-state index contributed by atoms with van der Waals surface area (Å²) in [5.41, 5.74) is -0.135. The number of fused-ring (bicyclic) bond motifs is 1. The lowest BCUT2D eigenvalue weighted by Gasteiger charge is -2.23. The summed E-state index contributed by atoms with van der Waals surface area (Å²) < 4.78 is 73.7. The molecule has 2 aromatic heterocycles. The molecule has 0 aliphatic carbocycles. The van der Waals surface area contributed by atoms with Gasteiger partial charge < -0.3 is 4.74 Å². The van der Waals surface area contributed by atoms with Gasteiger partial charge in [0.25, 0.3) is 5.88 Å². The number of pyridine rings is 1. The van der Waals surface area contributed by atoms with Crippen molar-refractivity contribution in [3.05, 3.63) is 53.9 Å². The number of alkyl halides is 3. The van der Waals surface area contributed by atoms with Crippen molar-refractivity contribution < 1.29 is 26.3 Å². The number of aromatic nitrogens is 3. The predicted molar refractivity (Wildman–Crippen MR) is 110 cm³/mol. The van der Waals surface area contributed by atoms with Crippen LogP contribution in [0.4, 0.5) is 19.0 Å². The van der Waals surface area contributed by atoms with E-state index >= 15 is 0 Å². The number of anilines is 1. The van der Waals surface area contributed by atoms with Crippen LogP contribution >= 0.6 is 0 Å². The van der Waals surface area contributed by atoms with Gasteiger partial charge in [-0.3, -0.25) is 4.72 Å². The molecule has 12 heteroatoms. The SMILES string of the molecule is CCCCS(=O)(=O)Nc1nc2ccccc2nc1OC(c1ccnc(C#N)c1)C(F)(F)F. The number of halogens is 3. The smallest absolute Gasteiger partial charge is 0.429 e. The highest BCUT2D eigenvalue weighted by molar-refractivity contribution is 7.92. The minimum Gasteiger partial charge on any atom is -0.457 e. The van der Waals surface area contributed by atoms with Crippen LogP contribution in [-0.4, -0.2) is 35.3 Å². The molecule has 0 saturated heterocycles. The first-order valence-corrected chi connectivity index (χ1v) is 11.1. The molecule has 0 spiro atoms. The predicted octanol–water partition coefficient (Wildman–Crippen LogP) is 4.12. The van der Waals surface area contributed by atoms with Gasteiger partial charge >= 0.3 is 6.18 Å². The van der Waals surface area contributed by atoms with Crippen LogP contribution in [0.25, 0.3) is 11.0 Å². The van der Waals surface area contributed by atoms with Gasteiger partial charge in [-0.25, -0.2) is 23.4 Å². The van der Waals surface area contributed by atoms with E-state index in [1.165, 1.54) is 6.07 Å². The van der Waals surface area contributed by atoms with Crippen LogP contribution in [-0.2, 0) is 10.0 Å². The number of unbranched alkanes of at least 4 members (excludes halogenated alkanes) is 1. The lowest BCUT2D eigenvalue weighted by atomic mass is 10.1. The Labute approximate surface area is 182 Å². The summed E-state index contributed by atoms with van der Waals surface area (Å²) in [5, 5.41) is 8.96. The maximum absolute atomic E-state index is 13.9. The fraction of sp³-hybridized carbons (Fsp3) is 0.300. The minimum atomic E-state index is -4.90. The highest BCUT2D eigenvalue weighted by Crippen LogP contribution is 2.38. The molecule has 0 aliphatic rings. The van der Waals surface area contributed by atoms with Crippen molar-refractivity contribution in [2.45, 2.75) is 32.0 Å². The zero-order valence-corrected chi connectivity index (χ0v) is 17.6. The van der Waals surface area contributed by atoms with Crippen molar-refractivity contribution in [1.82, 2.24) is 15.0 Å². The van der Waals surface area contributed by atoms with Crippen molar-refractivity contribution in [3.8, 4) is 11.9 Å². The van der Waals surface area contributed by atoms with Crippen LogP contribution in [0, 0.1) is 11.3 Å². The van der Waals surface area contributed by atoms with Crippen LogP contribution in [0.15, 0.2) is 42.6 Å². The van der Waals surface area contributed by atoms with Crippen LogP contribution in [0.2, 0.25) is 0 Å². The Kier molecular flexibility index (Phi) is 6.78. The molecule has 3 aromatic rings. The molecule has 1 atom stereocenters. The molecule has 0 fully saturated rings. The third-order valence-electron chi connectivity index (χ3n) is 4.29. The maximum Gasteiger partial charge on any atom is 0.429 e. The standard InChI is InChI=1S/C20H18F3N5O3S/c1-2-3-10-32(29,30)28-18-19(27-16-7-5-4-6-15(16)26-18)31-17(20(21,22)23)13-8-9-25-14(11-13)12-24/h4-9,11,17H,2-3,10H2,1H3,(H,26,28). The van der Waals surface area contributed by atoms with E-state index in [1.54, 1.807) is 31.2 Å². The van der Waals surface area contributed by atoms with E-state index in [0.717, 1.165) is 18.3 Å². The van der Waals surface area contributed by atoms with E-state index in [4.69, 9.17) is 10.00 Å². The van der Waals surface area contributed by atoms with Crippen LogP contribution < -0.4 is 9.46 Å². The molecule has 0 aliphatic heterocycles. The monoisotopic (exact) mass is 465 g/mol. The topological polar surface area (TPSA) is 118 Å². The van der Waals surface area contributed by atoms with Crippen LogP contribution in [0.5, 0.6) is 5.88 Å². The van der Waals surface area contributed by atoms with Gasteiger partial charge in [0.1, 0.15) is 11.8 Å². The number of para-hydroxylation sites is 2. The van der Waals surface area contributed by atoms with Gasteiger partial charge in [0.15, 0.2) is 0 Å². The summed E-state index contributed by atoms with van der Waals surface area (Å²) in [7, 11) is -3.90. The number of nitrogens with zero attached hydrogens (tertiary/aromatic N) is 4. The normalized spacial score (nSPS) is 12.8. The molecular weight excluding hydrogens is 447 g/mol. The van der Waals surface area contributed by atoms with Crippen LogP contribution in [0.3, 0.4) is 0 Å². The Bertz CT molecular complexity index is 1260. The minimum absolute atomic E-state index is 0.215. The highest BCUT2D eigenvalue weighted by atomic mass is 32.2. The van der Waals surface area contributed by atoms with Crippen molar-refractivity contribution in [2.75, 3.05) is 10.5 Å². The first-order chi connectivity index (χ1) is 15.1. The van der Waals surface area contributed by atoms with Gasteiger partial charge in [0.2, 0.25) is 21.9 Å². The highest BCUT2D eigenvalue weighted by Gasteiger charge is 2.44. The molecular formula is C20H18F3N5O3S. The Morgan fingerprint density at radius 2 is 1.88 bits per heavy atom. The number of ether oxygens (including phenoxy) is 1. The van der Waals surface area contributed by atoms with Gasteiger partial charge in [-0.15, -0.1) is 0 Å². The zero-order chi connectivity index (χ0) is 23.4. The Balaban J connectivity index is 2.09. The van der Waals surface area contributed by atoms with E-state index in [1.807, 2.05) is 0 Å². The number of benzene rings is 1. The molecule has 168 valence electrons. The average Bonchev–Trinajstić information content (AvgIpc) is 2.75. The number of nitriles is 1. The van der Waals surface area contributed by atoms with Crippen molar-refractivity contribution in [1.29, 1.82) is 5.26 Å². The van der Waals surface area contributed by atoms with E-state index < -0.39 is 39.6 Å². The first kappa shape index (κ1) is 23.2. The molecule has 2 heterocycles. The second-order valence-electron chi connectivity index (χ2n) is 6.77. The number of sulfonamides is 1. The molecule has 1 N–H and O–H groups in total. The van der Waals surface area contributed by atoms with Crippen LogP contribution in [0.1, 0.15) is 37.1 Å². The average molecular weight is 465 g/mol. The summed E-state index contributed by atoms with van der Waals surface area (Å²) in [6.07, 6.45) is -5.43. The molecule has 1 aromatic carbocycles. The summed E-state index contributed by atoms with van der Waals surface area (Å²) in [6, 6.07) is 9.95. The summed E-state index contributed by atoms with van der Waals surface area (Å²) >= 11 is 0. The van der Waals surface area contributed by atoms with Gasteiger partial charge in [-0.05, 0) is 30.7 Å². The second-order valence-corrected chi connectivity index (χ2v) is 8.61. The van der Waals surface area contributed by atoms with Crippen molar-refractivity contribution in [3.63, 3.8) is 0 Å². The lowest BCUT2D eigenvalue weighted by Crippen LogP contribution is -2.27. The van der Waals surface area contributed by atoms with Gasteiger partial charge in [0, 0.05) is 11.8 Å². The maximum atomic E-state index is 13.9. The third-order valence-corrected chi connectivity index (χ3v) is 5.62. The number of rotatable bonds is 8. The van der Waals surface area contributed by atoms with Gasteiger partial charge in [-0.2, -0.15) is 18.4 Å². The van der Waals surface area contributed by atoms with E-state index in [-0.39, 0.29) is 22.5 Å². The molecule has 0 radical (unpaired) electrons. The summed E-state index contributed by atoms with van der Waals surface area (Å²) in [4.78, 5) is 11.9. The largest absolute Gasteiger partial charge is 0.457 e. The first-order valence-electron chi connectivity index (χ1n) is 9.49. The van der Waals surface area contributed by atoms with E-state index in [9.17, 15) is 21.6 Å². The van der Waals surface area contributed by atoms with Gasteiger partial charge in [-0.1, -0.05) is 25.5 Å². The third kappa shape index (κ3) is 5.61. The number of hydrogen-bond donors (Lipinski definition) is 1. The molecule has 32 heavy (non-hydrogen) atoms. The molecule has 0 bridgehead atoms. The Morgan fingerprint density at radius 1 is 1.19 bits per heavy atom. The van der Waals surface area contributed by atoms with E-state index in [2.05, 4.69) is 19.7 Å². The summed E-state index contributed by atoms with van der Waals surface area (Å²) in [6.45, 7) is 1.80. The molecule has 3 rings (SSSR count). The summed E-state index contributed by atoms with van der Waals surface area (Å²) in [5.74, 6) is -1.33. The molecule has 0 amide bonds. The fourth-order valence-electron chi connectivity index (χ4n) is 2.77. The molecule has 8 nitrogen and oxygen atoms in total. The number of nitrogens with one attached hydrogen (secondary N) is 1. The zero-order valence-electron chi connectivity index (χ0n) is 16.8. The van der Waals surface area contributed by atoms with E-state index in [0.29, 0.717) is 12.8 Å². The lowest BCUT2D eigenvalue weighted by molar-refractivity contribution is -0.198. The quantitative estimate of drug-likeness (QED) is 0.532. The fourth-order valence-corrected chi connectivity index (χ4v) is 3.97. The van der Waals surface area contributed by atoms with Crippen molar-refractivity contribution >= 4 is 26.9 Å². The van der Waals surface area contributed by atoms with Crippen molar-refractivity contribution in [2.24, 2.45) is 0 Å². The Hall–Kier alpha value is -3.46. The van der Waals surface area contributed by atoms with Gasteiger partial charge in [0.05, 0.1) is 16.8 Å².